The van der Waals surface area contributed by atoms with E-state index in [0.717, 1.165) is 27.3 Å². The van der Waals surface area contributed by atoms with Crippen LogP contribution in [0.5, 0.6) is 0 Å². The fourth-order valence-electron chi connectivity index (χ4n) is 3.26. The first kappa shape index (κ1) is 21.3. The average molecular weight is 409 g/mol. The molecule has 0 fully saturated rings. The number of sulfonamides is 1. The van der Waals surface area contributed by atoms with Crippen LogP contribution in [0.3, 0.4) is 0 Å². The number of halogens is 1. The van der Waals surface area contributed by atoms with E-state index in [1.807, 2.05) is 32.9 Å². The van der Waals surface area contributed by atoms with Crippen LogP contribution in [0, 0.1) is 20.8 Å². The number of amides is 1. The van der Waals surface area contributed by atoms with Gasteiger partial charge in [0.1, 0.15) is 6.04 Å². The van der Waals surface area contributed by atoms with Gasteiger partial charge in [-0.2, -0.15) is 0 Å². The van der Waals surface area contributed by atoms with E-state index >= 15 is 0 Å². The molecule has 2 rings (SSSR count). The Morgan fingerprint density at radius 2 is 1.74 bits per heavy atom. The lowest BCUT2D eigenvalue weighted by molar-refractivity contribution is -0.117. The molecule has 146 valence electrons. The van der Waals surface area contributed by atoms with Gasteiger partial charge in [0, 0.05) is 10.7 Å². The highest BCUT2D eigenvalue weighted by Crippen LogP contribution is 2.27. The van der Waals surface area contributed by atoms with Crippen LogP contribution in [0.1, 0.15) is 30.0 Å². The van der Waals surface area contributed by atoms with Crippen LogP contribution in [0.15, 0.2) is 36.4 Å². The molecule has 2 aromatic rings. The lowest BCUT2D eigenvalue weighted by Crippen LogP contribution is -2.47. The predicted octanol–water partition coefficient (Wildman–Crippen LogP) is 4.45. The molecule has 0 saturated carbocycles. The lowest BCUT2D eigenvalue weighted by Gasteiger charge is -2.30. The molecule has 1 N–H and O–H groups in total. The number of carbonyl (C=O) groups excluding carboxylic acids is 1. The monoisotopic (exact) mass is 408 g/mol. The predicted molar refractivity (Wildman–Crippen MR) is 112 cm³/mol. The van der Waals surface area contributed by atoms with E-state index in [-0.39, 0.29) is 5.91 Å². The smallest absolute Gasteiger partial charge is 0.248 e. The molecule has 0 aliphatic heterocycles. The third kappa shape index (κ3) is 5.02. The number of hydrogen-bond acceptors (Lipinski definition) is 3. The van der Waals surface area contributed by atoms with Crippen molar-refractivity contribution >= 4 is 38.9 Å². The Labute approximate surface area is 166 Å². The summed E-state index contributed by atoms with van der Waals surface area (Å²) in [5.41, 5.74) is 4.05. The average Bonchev–Trinajstić information content (AvgIpc) is 2.54. The van der Waals surface area contributed by atoms with Crippen LogP contribution in [0.4, 0.5) is 11.4 Å². The van der Waals surface area contributed by atoms with Gasteiger partial charge in [0.05, 0.1) is 11.9 Å². The van der Waals surface area contributed by atoms with Crippen molar-refractivity contribution in [2.24, 2.45) is 0 Å². The number of nitrogens with zero attached hydrogens (tertiary/aromatic N) is 1. The molecule has 1 atom stereocenters. The zero-order chi connectivity index (χ0) is 20.4. The zero-order valence-electron chi connectivity index (χ0n) is 16.2. The molecule has 0 spiro atoms. The molecule has 7 heteroatoms. The molecule has 0 heterocycles. The van der Waals surface area contributed by atoms with Crippen LogP contribution in [-0.2, 0) is 14.8 Å². The van der Waals surface area contributed by atoms with E-state index in [4.69, 9.17) is 11.6 Å². The Hall–Kier alpha value is -2.05. The molecule has 0 saturated heterocycles. The van der Waals surface area contributed by atoms with Crippen molar-refractivity contribution in [2.45, 2.75) is 40.2 Å². The summed E-state index contributed by atoms with van der Waals surface area (Å²) in [7, 11) is -3.70. The largest absolute Gasteiger partial charge is 0.324 e. The summed E-state index contributed by atoms with van der Waals surface area (Å²) < 4.78 is 26.1. The summed E-state index contributed by atoms with van der Waals surface area (Å²) in [5, 5.41) is 3.32. The lowest BCUT2D eigenvalue weighted by atomic mass is 10.0. The van der Waals surface area contributed by atoms with Gasteiger partial charge < -0.3 is 5.32 Å². The maximum atomic E-state index is 13.0. The fourth-order valence-corrected chi connectivity index (χ4v) is 4.65. The second kappa shape index (κ2) is 8.31. The minimum Gasteiger partial charge on any atom is -0.324 e. The van der Waals surface area contributed by atoms with Gasteiger partial charge in [-0.05, 0) is 56.5 Å². The molecule has 0 aliphatic rings. The summed E-state index contributed by atoms with van der Waals surface area (Å²) in [4.78, 5) is 13.0. The first-order valence-corrected chi connectivity index (χ1v) is 10.9. The molecule has 1 amide bonds. The van der Waals surface area contributed by atoms with Gasteiger partial charge in [-0.1, -0.05) is 42.3 Å². The third-order valence-corrected chi connectivity index (χ3v) is 5.73. The number of aryl methyl sites for hydroxylation is 3. The van der Waals surface area contributed by atoms with Crippen LogP contribution in [0.2, 0.25) is 5.02 Å². The van der Waals surface area contributed by atoms with E-state index in [1.165, 1.54) is 0 Å². The second-order valence-electron chi connectivity index (χ2n) is 6.73. The molecular formula is C20H25ClN2O3S. The van der Waals surface area contributed by atoms with Crippen molar-refractivity contribution in [1.29, 1.82) is 0 Å². The number of nitrogens with one attached hydrogen (secondary N) is 1. The number of carbonyl (C=O) groups is 1. The van der Waals surface area contributed by atoms with E-state index in [9.17, 15) is 13.2 Å². The van der Waals surface area contributed by atoms with E-state index in [0.29, 0.717) is 22.8 Å². The Balaban J connectivity index is 2.44. The van der Waals surface area contributed by atoms with E-state index < -0.39 is 16.1 Å². The molecular weight excluding hydrogens is 384 g/mol. The topological polar surface area (TPSA) is 66.5 Å². The first-order chi connectivity index (χ1) is 12.5. The molecule has 0 unspecified atom stereocenters. The van der Waals surface area contributed by atoms with Gasteiger partial charge in [-0.25, -0.2) is 8.42 Å². The van der Waals surface area contributed by atoms with Gasteiger partial charge in [0.15, 0.2) is 0 Å². The van der Waals surface area contributed by atoms with Crippen molar-refractivity contribution < 1.29 is 13.2 Å². The highest BCUT2D eigenvalue weighted by atomic mass is 35.5. The number of hydrogen-bond donors (Lipinski definition) is 1. The molecule has 27 heavy (non-hydrogen) atoms. The van der Waals surface area contributed by atoms with Crippen molar-refractivity contribution in [1.82, 2.24) is 0 Å². The minimum atomic E-state index is -3.70. The van der Waals surface area contributed by atoms with Gasteiger partial charge in [-0.15, -0.1) is 0 Å². The van der Waals surface area contributed by atoms with Crippen LogP contribution in [0.25, 0.3) is 0 Å². The Morgan fingerprint density at radius 1 is 1.15 bits per heavy atom. The van der Waals surface area contributed by atoms with E-state index in [1.54, 1.807) is 31.2 Å². The van der Waals surface area contributed by atoms with Crippen LogP contribution in [-0.4, -0.2) is 26.6 Å². The summed E-state index contributed by atoms with van der Waals surface area (Å²) in [6, 6.07) is 9.56. The SMILES string of the molecule is CC[C@H](C(=O)Nc1c(C)cc(C)cc1C)N(c1cccc(Cl)c1)S(C)(=O)=O. The van der Waals surface area contributed by atoms with Crippen LogP contribution < -0.4 is 9.62 Å². The van der Waals surface area contributed by atoms with Crippen molar-refractivity contribution in [3.63, 3.8) is 0 Å². The summed E-state index contributed by atoms with van der Waals surface area (Å²) in [6.07, 6.45) is 1.40. The molecule has 2 aromatic carbocycles. The Kier molecular flexibility index (Phi) is 6.54. The Bertz CT molecular complexity index is 934. The van der Waals surface area contributed by atoms with E-state index in [2.05, 4.69) is 5.32 Å². The summed E-state index contributed by atoms with van der Waals surface area (Å²) in [6.45, 7) is 7.61. The first-order valence-electron chi connectivity index (χ1n) is 8.68. The molecule has 0 aliphatic carbocycles. The normalized spacial score (nSPS) is 12.5. The van der Waals surface area contributed by atoms with Gasteiger partial charge in [-0.3, -0.25) is 9.10 Å². The highest BCUT2D eigenvalue weighted by molar-refractivity contribution is 7.92. The second-order valence-corrected chi connectivity index (χ2v) is 9.02. The standard InChI is InChI=1S/C20H25ClN2O3S/c1-6-18(20(24)22-19-14(3)10-13(2)11-15(19)4)23(27(5,25)26)17-9-7-8-16(21)12-17/h7-12,18H,6H2,1-5H3,(H,22,24)/t18-/m1/s1. The fraction of sp³-hybridized carbons (Fsp3) is 0.350. The van der Waals surface area contributed by atoms with Gasteiger partial charge in [0.2, 0.25) is 15.9 Å². The maximum absolute atomic E-state index is 13.0. The van der Waals surface area contributed by atoms with Gasteiger partial charge in [0.25, 0.3) is 0 Å². The molecule has 0 radical (unpaired) electrons. The number of benzene rings is 2. The maximum Gasteiger partial charge on any atom is 0.248 e. The number of anilines is 2. The Morgan fingerprint density at radius 3 is 2.22 bits per heavy atom. The molecule has 0 aromatic heterocycles. The zero-order valence-corrected chi connectivity index (χ0v) is 17.8. The van der Waals surface area contributed by atoms with Crippen molar-refractivity contribution in [3.8, 4) is 0 Å². The molecule has 5 nitrogen and oxygen atoms in total. The highest BCUT2D eigenvalue weighted by Gasteiger charge is 2.32. The third-order valence-electron chi connectivity index (χ3n) is 4.32. The summed E-state index contributed by atoms with van der Waals surface area (Å²) >= 11 is 6.03. The van der Waals surface area contributed by atoms with Crippen molar-refractivity contribution in [2.75, 3.05) is 15.9 Å². The minimum absolute atomic E-state index is 0.315. The van der Waals surface area contributed by atoms with Crippen LogP contribution >= 0.6 is 11.6 Å². The number of rotatable bonds is 6. The van der Waals surface area contributed by atoms with Gasteiger partial charge >= 0.3 is 0 Å². The van der Waals surface area contributed by atoms with Crippen molar-refractivity contribution in [3.05, 3.63) is 58.1 Å². The molecule has 0 bridgehead atoms. The quantitative estimate of drug-likeness (QED) is 0.767. The summed E-state index contributed by atoms with van der Waals surface area (Å²) in [5.74, 6) is -0.377.